The van der Waals surface area contributed by atoms with Crippen molar-refractivity contribution in [1.29, 1.82) is 0 Å². The molecule has 2 aromatic carbocycles. The van der Waals surface area contributed by atoms with Gasteiger partial charge in [-0.25, -0.2) is 14.1 Å². The van der Waals surface area contributed by atoms with E-state index in [2.05, 4.69) is 15.4 Å². The zero-order valence-electron chi connectivity index (χ0n) is 13.6. The van der Waals surface area contributed by atoms with Crippen LogP contribution in [-0.2, 0) is 4.79 Å². The smallest absolute Gasteiger partial charge is 0.244 e. The number of nitrogens with zero attached hydrogens (tertiary/aromatic N) is 3. The van der Waals surface area contributed by atoms with Gasteiger partial charge in [-0.3, -0.25) is 4.79 Å². The molecule has 0 spiro atoms. The van der Waals surface area contributed by atoms with E-state index in [1.54, 1.807) is 29.2 Å². The normalized spacial score (nSPS) is 12.2. The number of rotatable bonds is 5. The van der Waals surface area contributed by atoms with Crippen molar-refractivity contribution in [3.05, 3.63) is 84.2 Å². The Bertz CT molecular complexity index is 873. The third kappa shape index (κ3) is 4.38. The van der Waals surface area contributed by atoms with Crippen molar-refractivity contribution in [2.75, 3.05) is 0 Å². The van der Waals surface area contributed by atoms with Crippen LogP contribution >= 0.6 is 0 Å². The fourth-order valence-electron chi connectivity index (χ4n) is 2.38. The standard InChI is InChI=1S/C19H17FN4O/c1-14(16-6-8-18(9-7-16)24-13-21-12-22-24)23-19(25)10-5-15-3-2-4-17(20)11-15/h2-14H,1H3,(H,23,25)/b10-5+/t14-/m0/s1. The summed E-state index contributed by atoms with van der Waals surface area (Å²) in [6.07, 6.45) is 6.08. The molecule has 0 aliphatic heterocycles. The van der Waals surface area contributed by atoms with Crippen LogP contribution in [0.5, 0.6) is 0 Å². The largest absolute Gasteiger partial charge is 0.346 e. The van der Waals surface area contributed by atoms with Gasteiger partial charge in [0.25, 0.3) is 0 Å². The first kappa shape index (κ1) is 16.6. The first-order valence-electron chi connectivity index (χ1n) is 7.81. The topological polar surface area (TPSA) is 59.8 Å². The molecule has 0 fully saturated rings. The second-order valence-corrected chi connectivity index (χ2v) is 5.55. The monoisotopic (exact) mass is 336 g/mol. The van der Waals surface area contributed by atoms with Crippen LogP contribution in [0.15, 0.2) is 67.3 Å². The van der Waals surface area contributed by atoms with Gasteiger partial charge in [-0.15, -0.1) is 0 Å². The Morgan fingerprint density at radius 1 is 1.24 bits per heavy atom. The molecule has 1 aromatic heterocycles. The second kappa shape index (κ2) is 7.53. The minimum absolute atomic E-state index is 0.158. The number of benzene rings is 2. The van der Waals surface area contributed by atoms with Crippen LogP contribution in [0.3, 0.4) is 0 Å². The van der Waals surface area contributed by atoms with Gasteiger partial charge >= 0.3 is 0 Å². The van der Waals surface area contributed by atoms with E-state index >= 15 is 0 Å². The van der Waals surface area contributed by atoms with Gasteiger partial charge in [0.15, 0.2) is 0 Å². The molecule has 1 heterocycles. The van der Waals surface area contributed by atoms with E-state index in [0.717, 1.165) is 11.3 Å². The highest BCUT2D eigenvalue weighted by atomic mass is 19.1. The van der Waals surface area contributed by atoms with Crippen molar-refractivity contribution >= 4 is 12.0 Å². The minimum atomic E-state index is -0.330. The molecule has 25 heavy (non-hydrogen) atoms. The number of hydrogen-bond acceptors (Lipinski definition) is 3. The van der Waals surface area contributed by atoms with Gasteiger partial charge < -0.3 is 5.32 Å². The maximum Gasteiger partial charge on any atom is 0.244 e. The molecule has 3 aromatic rings. The lowest BCUT2D eigenvalue weighted by Gasteiger charge is -2.13. The van der Waals surface area contributed by atoms with Crippen molar-refractivity contribution in [3.8, 4) is 5.69 Å². The summed E-state index contributed by atoms with van der Waals surface area (Å²) < 4.78 is 14.8. The van der Waals surface area contributed by atoms with E-state index in [1.807, 2.05) is 31.2 Å². The molecule has 0 aliphatic carbocycles. The van der Waals surface area contributed by atoms with E-state index in [0.29, 0.717) is 5.56 Å². The van der Waals surface area contributed by atoms with Crippen molar-refractivity contribution < 1.29 is 9.18 Å². The van der Waals surface area contributed by atoms with Gasteiger partial charge in [-0.1, -0.05) is 24.3 Å². The molecule has 1 amide bonds. The fraction of sp³-hybridized carbons (Fsp3) is 0.105. The summed E-state index contributed by atoms with van der Waals surface area (Å²) >= 11 is 0. The predicted octanol–water partition coefficient (Wildman–Crippen LogP) is 3.30. The van der Waals surface area contributed by atoms with Crippen LogP contribution in [0.4, 0.5) is 4.39 Å². The Labute approximate surface area is 144 Å². The summed E-state index contributed by atoms with van der Waals surface area (Å²) in [6.45, 7) is 1.90. The van der Waals surface area contributed by atoms with E-state index in [1.165, 1.54) is 24.5 Å². The van der Waals surface area contributed by atoms with Crippen LogP contribution in [0.1, 0.15) is 24.1 Å². The zero-order chi connectivity index (χ0) is 17.6. The van der Waals surface area contributed by atoms with Crippen molar-refractivity contribution in [2.24, 2.45) is 0 Å². The molecule has 0 unspecified atom stereocenters. The van der Waals surface area contributed by atoms with Crippen LogP contribution in [-0.4, -0.2) is 20.7 Å². The van der Waals surface area contributed by atoms with Crippen molar-refractivity contribution in [2.45, 2.75) is 13.0 Å². The highest BCUT2D eigenvalue weighted by Gasteiger charge is 2.08. The van der Waals surface area contributed by atoms with Gasteiger partial charge in [0.1, 0.15) is 18.5 Å². The number of carbonyl (C=O) groups is 1. The molecule has 0 radical (unpaired) electrons. The van der Waals surface area contributed by atoms with Crippen molar-refractivity contribution in [3.63, 3.8) is 0 Å². The first-order chi connectivity index (χ1) is 12.1. The summed E-state index contributed by atoms with van der Waals surface area (Å²) in [5.41, 5.74) is 2.50. The van der Waals surface area contributed by atoms with Crippen LogP contribution in [0.2, 0.25) is 0 Å². The van der Waals surface area contributed by atoms with Gasteiger partial charge in [-0.2, -0.15) is 5.10 Å². The van der Waals surface area contributed by atoms with Gasteiger partial charge in [0.05, 0.1) is 11.7 Å². The van der Waals surface area contributed by atoms with E-state index in [4.69, 9.17) is 0 Å². The lowest BCUT2D eigenvalue weighted by Crippen LogP contribution is -2.24. The van der Waals surface area contributed by atoms with Gasteiger partial charge in [0, 0.05) is 6.08 Å². The molecular weight excluding hydrogens is 319 g/mol. The van der Waals surface area contributed by atoms with Crippen LogP contribution in [0.25, 0.3) is 11.8 Å². The lowest BCUT2D eigenvalue weighted by atomic mass is 10.1. The van der Waals surface area contributed by atoms with Gasteiger partial charge in [0.2, 0.25) is 5.91 Å². The Balaban J connectivity index is 1.61. The number of carbonyl (C=O) groups excluding carboxylic acids is 1. The Kier molecular flexibility index (Phi) is 4.99. The molecule has 1 atom stereocenters. The molecule has 126 valence electrons. The number of nitrogens with one attached hydrogen (secondary N) is 1. The highest BCUT2D eigenvalue weighted by molar-refractivity contribution is 5.91. The first-order valence-corrected chi connectivity index (χ1v) is 7.81. The second-order valence-electron chi connectivity index (χ2n) is 5.55. The molecule has 0 saturated heterocycles. The summed E-state index contributed by atoms with van der Waals surface area (Å²) in [6, 6.07) is 13.6. The molecule has 6 heteroatoms. The number of hydrogen-bond donors (Lipinski definition) is 1. The Morgan fingerprint density at radius 3 is 2.72 bits per heavy atom. The number of aromatic nitrogens is 3. The summed E-state index contributed by atoms with van der Waals surface area (Å²) in [7, 11) is 0. The molecule has 0 aliphatic rings. The van der Waals surface area contributed by atoms with Crippen LogP contribution in [0, 0.1) is 5.82 Å². The molecular formula is C19H17FN4O. The Morgan fingerprint density at radius 2 is 2.04 bits per heavy atom. The number of amides is 1. The minimum Gasteiger partial charge on any atom is -0.346 e. The van der Waals surface area contributed by atoms with Crippen molar-refractivity contribution in [1.82, 2.24) is 20.1 Å². The predicted molar refractivity (Wildman–Crippen MR) is 93.4 cm³/mol. The summed E-state index contributed by atoms with van der Waals surface area (Å²) in [4.78, 5) is 15.9. The SMILES string of the molecule is C[C@H](NC(=O)/C=C/c1cccc(F)c1)c1ccc(-n2cncn2)cc1. The van der Waals surface area contributed by atoms with Crippen LogP contribution < -0.4 is 5.32 Å². The molecule has 1 N–H and O–H groups in total. The van der Waals surface area contributed by atoms with E-state index < -0.39 is 0 Å². The maximum absolute atomic E-state index is 13.1. The molecule has 0 bridgehead atoms. The highest BCUT2D eigenvalue weighted by Crippen LogP contribution is 2.15. The van der Waals surface area contributed by atoms with E-state index in [9.17, 15) is 9.18 Å². The Hall–Kier alpha value is -3.28. The summed E-state index contributed by atoms with van der Waals surface area (Å²) in [5, 5.41) is 6.95. The maximum atomic E-state index is 13.1. The molecule has 0 saturated carbocycles. The average molecular weight is 336 g/mol. The molecule has 3 rings (SSSR count). The fourth-order valence-corrected chi connectivity index (χ4v) is 2.38. The third-order valence-corrected chi connectivity index (χ3v) is 3.71. The van der Waals surface area contributed by atoms with E-state index in [-0.39, 0.29) is 17.8 Å². The van der Waals surface area contributed by atoms with Gasteiger partial charge in [-0.05, 0) is 48.4 Å². The quantitative estimate of drug-likeness (QED) is 0.727. The summed E-state index contributed by atoms with van der Waals surface area (Å²) in [5.74, 6) is -0.569. The number of halogens is 1. The average Bonchev–Trinajstić information content (AvgIpc) is 3.15. The lowest BCUT2D eigenvalue weighted by molar-refractivity contribution is -0.117. The molecule has 5 nitrogen and oxygen atoms in total. The third-order valence-electron chi connectivity index (χ3n) is 3.71. The zero-order valence-corrected chi connectivity index (χ0v) is 13.6.